The summed E-state index contributed by atoms with van der Waals surface area (Å²) in [4.78, 5) is 24.0. The highest BCUT2D eigenvalue weighted by Gasteiger charge is 2.61. The van der Waals surface area contributed by atoms with Crippen LogP contribution < -0.4 is 4.18 Å². The highest BCUT2D eigenvalue weighted by molar-refractivity contribution is 8.17. The second-order valence-corrected chi connectivity index (χ2v) is 14.4. The number of hydrogen-bond donors (Lipinski definition) is 0. The Morgan fingerprint density at radius 2 is 1.38 bits per heavy atom. The molecule has 0 amide bonds. The van der Waals surface area contributed by atoms with Gasteiger partial charge in [0.15, 0.2) is 0 Å². The molecule has 12 nitrogen and oxygen atoms in total. The summed E-state index contributed by atoms with van der Waals surface area (Å²) in [5.41, 5.74) is -0.818. The van der Waals surface area contributed by atoms with E-state index in [1.54, 1.807) is 13.8 Å². The van der Waals surface area contributed by atoms with Gasteiger partial charge in [0.05, 0.1) is 34.2 Å². The van der Waals surface area contributed by atoms with Gasteiger partial charge in [-0.05, 0) is 57.4 Å². The van der Waals surface area contributed by atoms with Crippen LogP contribution in [0.3, 0.4) is 0 Å². The summed E-state index contributed by atoms with van der Waals surface area (Å²) in [6.45, 7) is 5.31. The molecule has 42 heavy (non-hydrogen) atoms. The minimum atomic E-state index is -6.32. The van der Waals surface area contributed by atoms with Crippen molar-refractivity contribution >= 4 is 42.1 Å². The fraction of sp³-hybridized carbons (Fsp3) is 0.619. The lowest BCUT2D eigenvalue weighted by molar-refractivity contribution is -0.154. The Bertz CT molecular complexity index is 1370. The SMILES string of the molecule is CCC(C)(C)C(=O)OCCCCOC(=O)c1ccc(OS(=O)(=O)C(C(F)(F)C(F)F)S(=O)(=O)[N-]S(C)(=O)=O)cc1.FF. The number of alkyl halides is 4. The summed E-state index contributed by atoms with van der Waals surface area (Å²) >= 11 is 0. The first kappa shape index (κ1) is 39.4. The number of halogens is 6. The van der Waals surface area contributed by atoms with Crippen LogP contribution in [0.5, 0.6) is 5.75 Å². The third-order valence-corrected chi connectivity index (χ3v) is 10.6. The van der Waals surface area contributed by atoms with E-state index < -0.39 is 64.2 Å². The van der Waals surface area contributed by atoms with Gasteiger partial charge in [0.25, 0.3) is 4.58 Å². The minimum absolute atomic E-state index is 0.0910. The third-order valence-electron chi connectivity index (χ3n) is 5.12. The molecular formula is C21H28F6NO11S3-. The van der Waals surface area contributed by atoms with Crippen LogP contribution in [0, 0.1) is 5.41 Å². The highest BCUT2D eigenvalue weighted by Crippen LogP contribution is 2.38. The molecule has 1 aromatic rings. The van der Waals surface area contributed by atoms with Crippen molar-refractivity contribution in [3.05, 3.63) is 34.0 Å². The van der Waals surface area contributed by atoms with Gasteiger partial charge >= 0.3 is 34.4 Å². The summed E-state index contributed by atoms with van der Waals surface area (Å²) in [5.74, 6) is -7.99. The van der Waals surface area contributed by atoms with E-state index in [9.17, 15) is 52.4 Å². The first-order chi connectivity index (χ1) is 19.1. The van der Waals surface area contributed by atoms with Crippen molar-refractivity contribution < 1.29 is 75.2 Å². The van der Waals surface area contributed by atoms with E-state index in [2.05, 4.69) is 4.18 Å². The van der Waals surface area contributed by atoms with E-state index in [4.69, 9.17) is 18.6 Å². The zero-order valence-electron chi connectivity index (χ0n) is 22.4. The molecule has 0 aromatic heterocycles. The van der Waals surface area contributed by atoms with Gasteiger partial charge in [0, 0.05) is 15.4 Å². The molecule has 1 atom stereocenters. The number of rotatable bonds is 16. The summed E-state index contributed by atoms with van der Waals surface area (Å²) in [7, 11) is -17.6. The Kier molecular flexibility index (Phi) is 14.7. The first-order valence-corrected chi connectivity index (χ1v) is 16.2. The molecule has 0 spiro atoms. The van der Waals surface area contributed by atoms with Gasteiger partial charge < -0.3 is 17.8 Å². The van der Waals surface area contributed by atoms with Gasteiger partial charge in [-0.2, -0.15) is 17.2 Å². The van der Waals surface area contributed by atoms with Crippen LogP contribution in [0.2, 0.25) is 0 Å². The largest absolute Gasteiger partial charge is 0.465 e. The third kappa shape index (κ3) is 11.9. The van der Waals surface area contributed by atoms with Crippen LogP contribution >= 0.6 is 0 Å². The average molecular weight is 681 g/mol. The summed E-state index contributed by atoms with van der Waals surface area (Å²) in [6, 6.07) is 3.22. The topological polar surface area (TPSA) is 178 Å². The number of benzene rings is 1. The Labute approximate surface area is 238 Å². The van der Waals surface area contributed by atoms with Gasteiger partial charge in [-0.15, -0.1) is 0 Å². The highest BCUT2D eigenvalue weighted by atomic mass is 32.3. The smallest absolute Gasteiger partial charge is 0.339 e. The van der Waals surface area contributed by atoms with Crippen LogP contribution in [0.4, 0.5) is 26.7 Å². The van der Waals surface area contributed by atoms with Crippen molar-refractivity contribution in [2.24, 2.45) is 5.41 Å². The predicted octanol–water partition coefficient (Wildman–Crippen LogP) is 4.04. The molecule has 0 bridgehead atoms. The Morgan fingerprint density at radius 3 is 1.81 bits per heavy atom. The number of sulfonamides is 2. The molecule has 21 heteroatoms. The molecular weight excluding hydrogens is 652 g/mol. The van der Waals surface area contributed by atoms with Crippen LogP contribution in [-0.4, -0.2) is 73.6 Å². The number of carbonyl (C=O) groups excluding carboxylic acids is 2. The number of ether oxygens (including phenoxy) is 2. The van der Waals surface area contributed by atoms with E-state index >= 15 is 0 Å². The van der Waals surface area contributed by atoms with Gasteiger partial charge in [-0.1, -0.05) is 6.92 Å². The molecule has 244 valence electrons. The molecule has 0 heterocycles. The number of unbranched alkanes of at least 4 members (excludes halogenated alkanes) is 1. The second-order valence-electron chi connectivity index (χ2n) is 8.95. The lowest BCUT2D eigenvalue weighted by Crippen LogP contribution is -2.51. The van der Waals surface area contributed by atoms with Gasteiger partial charge in [-0.3, -0.25) is 4.79 Å². The van der Waals surface area contributed by atoms with Gasteiger partial charge in [0.2, 0.25) is 0 Å². The Balaban J connectivity index is 0.00000821. The molecule has 0 aliphatic heterocycles. The molecule has 0 saturated carbocycles. The first-order valence-electron chi connectivity index (χ1n) is 11.4. The predicted molar refractivity (Wildman–Crippen MR) is 135 cm³/mol. The van der Waals surface area contributed by atoms with Gasteiger partial charge in [0.1, 0.15) is 15.8 Å². The van der Waals surface area contributed by atoms with Gasteiger partial charge in [-0.25, -0.2) is 30.4 Å². The summed E-state index contributed by atoms with van der Waals surface area (Å²) < 4.78 is 153. The maximum absolute atomic E-state index is 14.0. The quantitative estimate of drug-likeness (QED) is 0.106. The molecule has 0 fully saturated rings. The number of carbonyl (C=O) groups is 2. The molecule has 0 saturated heterocycles. The molecule has 1 unspecified atom stereocenters. The zero-order valence-corrected chi connectivity index (χ0v) is 24.9. The number of esters is 2. The van der Waals surface area contributed by atoms with E-state index in [1.807, 2.05) is 11.1 Å². The lowest BCUT2D eigenvalue weighted by atomic mass is 9.91. The lowest BCUT2D eigenvalue weighted by Gasteiger charge is -2.30. The van der Waals surface area contributed by atoms with Crippen molar-refractivity contribution in [2.75, 3.05) is 19.5 Å². The van der Waals surface area contributed by atoms with Crippen LogP contribution in [-0.2, 0) is 44.4 Å². The van der Waals surface area contributed by atoms with Crippen molar-refractivity contribution in [1.82, 2.24) is 0 Å². The molecule has 1 rings (SSSR count). The van der Waals surface area contributed by atoms with Crippen LogP contribution in [0.15, 0.2) is 24.3 Å². The maximum Gasteiger partial charge on any atom is 0.339 e. The second kappa shape index (κ2) is 15.7. The molecule has 1 aromatic carbocycles. The summed E-state index contributed by atoms with van der Waals surface area (Å²) in [6.07, 6.45) is -3.48. The van der Waals surface area contributed by atoms with Crippen molar-refractivity contribution in [2.45, 2.75) is 57.0 Å². The number of nitrogens with zero attached hydrogens (tertiary/aromatic N) is 1. The molecule has 0 aliphatic carbocycles. The van der Waals surface area contributed by atoms with Crippen LogP contribution in [0.25, 0.3) is 4.13 Å². The van der Waals surface area contributed by atoms with E-state index in [1.165, 1.54) is 0 Å². The summed E-state index contributed by atoms with van der Waals surface area (Å²) in [5, 5.41) is 0. The van der Waals surface area contributed by atoms with E-state index in [-0.39, 0.29) is 31.0 Å². The van der Waals surface area contributed by atoms with Crippen LogP contribution in [0.1, 0.15) is 50.4 Å². The Hall–Kier alpha value is -2.65. The normalized spacial score (nSPS) is 13.5. The van der Waals surface area contributed by atoms with E-state index in [0.29, 0.717) is 31.4 Å². The van der Waals surface area contributed by atoms with Crippen molar-refractivity contribution in [3.8, 4) is 5.75 Å². The molecule has 0 radical (unpaired) electrons. The number of hydrogen-bond acceptors (Lipinski definition) is 11. The average Bonchev–Trinajstić information content (AvgIpc) is 2.84. The molecule has 0 N–H and O–H groups in total. The minimum Gasteiger partial charge on any atom is -0.465 e. The monoisotopic (exact) mass is 680 g/mol. The van der Waals surface area contributed by atoms with Crippen molar-refractivity contribution in [1.29, 1.82) is 0 Å². The Morgan fingerprint density at radius 1 is 0.905 bits per heavy atom. The fourth-order valence-corrected chi connectivity index (χ4v) is 7.55. The zero-order chi connectivity index (χ0) is 33.2. The fourth-order valence-electron chi connectivity index (χ4n) is 2.65. The molecule has 0 aliphatic rings. The van der Waals surface area contributed by atoms with E-state index in [0.717, 1.165) is 12.1 Å². The maximum atomic E-state index is 14.0. The van der Waals surface area contributed by atoms with Crippen molar-refractivity contribution in [3.63, 3.8) is 0 Å². The standard InChI is InChI=1S/C21H28F4NO11S3.F2/c1-5-20(2,3)18(28)36-13-7-6-12-35-16(27)14-8-10-15(11-9-14)37-40(33,34)19(21(24,25)17(22)23)39(31,32)26-38(4,29)30;1-2/h8-11,17,19H,5-7,12-13H2,1-4H3;/q-1;.